The van der Waals surface area contributed by atoms with Crippen molar-refractivity contribution in [3.8, 4) is 0 Å². The van der Waals surface area contributed by atoms with Crippen LogP contribution < -0.4 is 5.56 Å². The monoisotopic (exact) mass is 379 g/mol. The van der Waals surface area contributed by atoms with E-state index in [4.69, 9.17) is 0 Å². The number of hydrogen-bond acceptors (Lipinski definition) is 3. The van der Waals surface area contributed by atoms with E-state index in [1.807, 2.05) is 4.90 Å². The van der Waals surface area contributed by atoms with E-state index in [2.05, 4.69) is 42.3 Å². The first kappa shape index (κ1) is 18.9. The standard InChI is InChI=1S/C23H29N3O2/c1-24-16-20(19-7-3-2-4-8-19)15-23(18-24)10-13-25(14-11-23)22(28)17-26-12-6-5-9-21(26)27/h2-9,12,20H,10-11,13-18H2,1H3/t20-/m1/s1. The van der Waals surface area contributed by atoms with E-state index in [1.54, 1.807) is 18.3 Å². The normalized spacial score (nSPS) is 22.3. The quantitative estimate of drug-likeness (QED) is 0.823. The lowest BCUT2D eigenvalue weighted by atomic mass is 9.68. The Kier molecular flexibility index (Phi) is 5.36. The summed E-state index contributed by atoms with van der Waals surface area (Å²) < 4.78 is 1.49. The van der Waals surface area contributed by atoms with Gasteiger partial charge in [0.05, 0.1) is 0 Å². The van der Waals surface area contributed by atoms with Gasteiger partial charge in [-0.05, 0) is 49.3 Å². The van der Waals surface area contributed by atoms with E-state index in [0.29, 0.717) is 5.92 Å². The Bertz CT molecular complexity index is 869. The van der Waals surface area contributed by atoms with Gasteiger partial charge in [-0.15, -0.1) is 0 Å². The largest absolute Gasteiger partial charge is 0.341 e. The number of aromatic nitrogens is 1. The maximum absolute atomic E-state index is 12.7. The first-order valence-corrected chi connectivity index (χ1v) is 10.2. The van der Waals surface area contributed by atoms with Crippen molar-refractivity contribution in [1.82, 2.24) is 14.4 Å². The number of carbonyl (C=O) groups is 1. The van der Waals surface area contributed by atoms with Crippen molar-refractivity contribution in [3.63, 3.8) is 0 Å². The van der Waals surface area contributed by atoms with Crippen LogP contribution in [0, 0.1) is 5.41 Å². The van der Waals surface area contributed by atoms with Crippen molar-refractivity contribution in [2.45, 2.75) is 31.7 Å². The molecule has 0 radical (unpaired) electrons. The smallest absolute Gasteiger partial charge is 0.250 e. The highest BCUT2D eigenvalue weighted by atomic mass is 16.2. The molecule has 3 heterocycles. The Hall–Kier alpha value is -2.40. The maximum atomic E-state index is 12.7. The summed E-state index contributed by atoms with van der Waals surface area (Å²) in [5.41, 5.74) is 1.59. The van der Waals surface area contributed by atoms with Crippen molar-refractivity contribution in [1.29, 1.82) is 0 Å². The molecule has 1 spiro atoms. The van der Waals surface area contributed by atoms with Gasteiger partial charge in [0.25, 0.3) is 5.56 Å². The minimum Gasteiger partial charge on any atom is -0.341 e. The molecule has 0 N–H and O–H groups in total. The zero-order valence-electron chi connectivity index (χ0n) is 16.6. The summed E-state index contributed by atoms with van der Waals surface area (Å²) in [4.78, 5) is 29.0. The molecule has 2 aliphatic heterocycles. The fourth-order valence-corrected chi connectivity index (χ4v) is 5.04. The van der Waals surface area contributed by atoms with E-state index >= 15 is 0 Å². The van der Waals surface area contributed by atoms with Crippen molar-refractivity contribution < 1.29 is 4.79 Å². The third kappa shape index (κ3) is 4.04. The maximum Gasteiger partial charge on any atom is 0.250 e. The molecule has 1 aromatic carbocycles. The first-order chi connectivity index (χ1) is 13.5. The second-order valence-electron chi connectivity index (χ2n) is 8.56. The molecular weight excluding hydrogens is 350 g/mol. The van der Waals surface area contributed by atoms with Crippen molar-refractivity contribution in [2.24, 2.45) is 5.41 Å². The summed E-state index contributed by atoms with van der Waals surface area (Å²) in [6, 6.07) is 15.8. The number of benzene rings is 1. The molecular formula is C23H29N3O2. The van der Waals surface area contributed by atoms with Crippen molar-refractivity contribution in [2.75, 3.05) is 33.2 Å². The number of likely N-dealkylation sites (tertiary alicyclic amines) is 2. The molecule has 2 aliphatic rings. The van der Waals surface area contributed by atoms with Crippen LogP contribution in [0.3, 0.4) is 0 Å². The number of nitrogens with zero attached hydrogens (tertiary/aromatic N) is 3. The number of hydrogen-bond donors (Lipinski definition) is 0. The Labute approximate surface area is 166 Å². The van der Waals surface area contributed by atoms with Gasteiger partial charge < -0.3 is 14.4 Å². The fraction of sp³-hybridized carbons (Fsp3) is 0.478. The van der Waals surface area contributed by atoms with Crippen LogP contribution in [0.5, 0.6) is 0 Å². The Morgan fingerprint density at radius 2 is 1.79 bits per heavy atom. The number of rotatable bonds is 3. The highest BCUT2D eigenvalue weighted by molar-refractivity contribution is 5.76. The second kappa shape index (κ2) is 7.92. The number of piperidine rings is 2. The van der Waals surface area contributed by atoms with Crippen LogP contribution in [-0.2, 0) is 11.3 Å². The van der Waals surface area contributed by atoms with Gasteiger partial charge in [-0.3, -0.25) is 9.59 Å². The lowest BCUT2D eigenvalue weighted by Gasteiger charge is -2.49. The summed E-state index contributed by atoms with van der Waals surface area (Å²) in [6.45, 7) is 3.92. The third-order valence-corrected chi connectivity index (χ3v) is 6.47. The van der Waals surface area contributed by atoms with Crippen LogP contribution in [0.4, 0.5) is 0 Å². The zero-order chi connectivity index (χ0) is 19.6. The van der Waals surface area contributed by atoms with E-state index in [1.165, 1.54) is 22.6 Å². The molecule has 148 valence electrons. The number of likely N-dealkylation sites (N-methyl/N-ethyl adjacent to an activating group) is 1. The molecule has 0 saturated carbocycles. The number of carbonyl (C=O) groups excluding carboxylic acids is 1. The average Bonchev–Trinajstić information content (AvgIpc) is 2.70. The van der Waals surface area contributed by atoms with E-state index in [-0.39, 0.29) is 23.4 Å². The van der Waals surface area contributed by atoms with Gasteiger partial charge >= 0.3 is 0 Å². The first-order valence-electron chi connectivity index (χ1n) is 10.2. The van der Waals surface area contributed by atoms with Gasteiger partial charge in [0.15, 0.2) is 0 Å². The second-order valence-corrected chi connectivity index (χ2v) is 8.56. The molecule has 0 aliphatic carbocycles. The Morgan fingerprint density at radius 3 is 2.50 bits per heavy atom. The van der Waals surface area contributed by atoms with Gasteiger partial charge in [0.1, 0.15) is 6.54 Å². The highest BCUT2D eigenvalue weighted by Crippen LogP contribution is 2.44. The predicted octanol–water partition coefficient (Wildman–Crippen LogP) is 2.58. The van der Waals surface area contributed by atoms with Crippen LogP contribution in [0.1, 0.15) is 30.7 Å². The lowest BCUT2D eigenvalue weighted by molar-refractivity contribution is -0.135. The average molecular weight is 380 g/mol. The molecule has 28 heavy (non-hydrogen) atoms. The van der Waals surface area contributed by atoms with E-state index in [9.17, 15) is 9.59 Å². The van der Waals surface area contributed by atoms with Crippen LogP contribution in [0.2, 0.25) is 0 Å². The third-order valence-electron chi connectivity index (χ3n) is 6.47. The molecule has 1 aromatic heterocycles. The molecule has 5 heteroatoms. The summed E-state index contributed by atoms with van der Waals surface area (Å²) in [6.07, 6.45) is 4.96. The van der Waals surface area contributed by atoms with Gasteiger partial charge in [0, 0.05) is 38.4 Å². The van der Waals surface area contributed by atoms with Crippen LogP contribution >= 0.6 is 0 Å². The van der Waals surface area contributed by atoms with Crippen LogP contribution in [0.25, 0.3) is 0 Å². The fourth-order valence-electron chi connectivity index (χ4n) is 5.04. The number of amides is 1. The van der Waals surface area contributed by atoms with Crippen LogP contribution in [-0.4, -0.2) is 53.5 Å². The predicted molar refractivity (Wildman–Crippen MR) is 110 cm³/mol. The topological polar surface area (TPSA) is 45.5 Å². The zero-order valence-corrected chi connectivity index (χ0v) is 16.6. The lowest BCUT2D eigenvalue weighted by Crippen LogP contribution is -2.52. The Morgan fingerprint density at radius 1 is 1.07 bits per heavy atom. The summed E-state index contributed by atoms with van der Waals surface area (Å²) in [5, 5.41) is 0. The minimum absolute atomic E-state index is 0.0481. The SMILES string of the molecule is CN1C[C@H](c2ccccc2)CC2(CCN(C(=O)Cn3ccccc3=O)CC2)C1. The van der Waals surface area contributed by atoms with E-state index in [0.717, 1.165) is 39.0 Å². The molecule has 1 atom stereocenters. The molecule has 0 unspecified atom stereocenters. The van der Waals surface area contributed by atoms with E-state index < -0.39 is 0 Å². The van der Waals surface area contributed by atoms with Crippen LogP contribution in [0.15, 0.2) is 59.5 Å². The Balaban J connectivity index is 1.40. The van der Waals surface area contributed by atoms with Gasteiger partial charge in [-0.2, -0.15) is 0 Å². The molecule has 0 bridgehead atoms. The highest BCUT2D eigenvalue weighted by Gasteiger charge is 2.42. The molecule has 4 rings (SSSR count). The van der Waals surface area contributed by atoms with Gasteiger partial charge in [0.2, 0.25) is 5.91 Å². The molecule has 2 saturated heterocycles. The van der Waals surface area contributed by atoms with Crippen molar-refractivity contribution in [3.05, 3.63) is 70.6 Å². The summed E-state index contributed by atoms with van der Waals surface area (Å²) >= 11 is 0. The summed E-state index contributed by atoms with van der Waals surface area (Å²) in [5.74, 6) is 0.608. The number of pyridine rings is 1. The summed E-state index contributed by atoms with van der Waals surface area (Å²) in [7, 11) is 2.22. The van der Waals surface area contributed by atoms with Gasteiger partial charge in [-0.1, -0.05) is 36.4 Å². The molecule has 5 nitrogen and oxygen atoms in total. The molecule has 2 aromatic rings. The molecule has 1 amide bonds. The molecule has 2 fully saturated rings. The minimum atomic E-state index is -0.121. The van der Waals surface area contributed by atoms with Crippen molar-refractivity contribution >= 4 is 5.91 Å². The van der Waals surface area contributed by atoms with Gasteiger partial charge in [-0.25, -0.2) is 0 Å².